The Kier molecular flexibility index (Phi) is 3.44. The molecule has 0 spiro atoms. The van der Waals surface area contributed by atoms with Gasteiger partial charge in [0.1, 0.15) is 12.4 Å². The van der Waals surface area contributed by atoms with Gasteiger partial charge in [-0.1, -0.05) is 13.8 Å². The highest BCUT2D eigenvalue weighted by molar-refractivity contribution is 5.55. The maximum Gasteiger partial charge on any atom is 0.148 e. The Labute approximate surface area is 49.5 Å². The summed E-state index contributed by atoms with van der Waals surface area (Å²) in [5.74, 6) is 0.398. The van der Waals surface area contributed by atoms with Crippen molar-refractivity contribution < 1.29 is 9.90 Å². The van der Waals surface area contributed by atoms with Crippen LogP contribution in [-0.4, -0.2) is 17.5 Å². The maximum absolute atomic E-state index is 9.79. The molecule has 0 aliphatic rings. The molecule has 0 aliphatic carbocycles. The van der Waals surface area contributed by atoms with Gasteiger partial charge in [-0.2, -0.15) is 0 Å². The third kappa shape index (κ3) is 3.81. The van der Waals surface area contributed by atoms with Gasteiger partial charge in [-0.3, -0.25) is 0 Å². The van der Waals surface area contributed by atoms with Crippen LogP contribution in [-0.2, 0) is 4.79 Å². The molecule has 0 bridgehead atoms. The Hall–Kier alpha value is -0.370. The quantitative estimate of drug-likeness (QED) is 0.548. The smallest absolute Gasteiger partial charge is 0.148 e. The fourth-order valence-electron chi connectivity index (χ4n) is 0.539. The third-order valence-corrected chi connectivity index (χ3v) is 0.870. The molecule has 0 radical (unpaired) electrons. The van der Waals surface area contributed by atoms with Gasteiger partial charge in [-0.25, -0.2) is 0 Å². The molecule has 0 heterocycles. The van der Waals surface area contributed by atoms with E-state index < -0.39 is 6.10 Å². The monoisotopic (exact) mass is 116 g/mol. The number of aliphatic hydroxyl groups is 1. The fraction of sp³-hybridized carbons (Fsp3) is 0.833. The Balaban J connectivity index is 3.23. The Morgan fingerprint density at radius 1 is 1.62 bits per heavy atom. The first kappa shape index (κ1) is 7.63. The molecule has 0 amide bonds. The molecule has 0 rings (SSSR count). The summed E-state index contributed by atoms with van der Waals surface area (Å²) in [5.41, 5.74) is 0. The van der Waals surface area contributed by atoms with Crippen molar-refractivity contribution in [2.45, 2.75) is 26.4 Å². The molecule has 1 N–H and O–H groups in total. The molecule has 0 aromatic rings. The van der Waals surface area contributed by atoms with Crippen molar-refractivity contribution in [2.24, 2.45) is 5.92 Å². The summed E-state index contributed by atoms with van der Waals surface area (Å²) in [7, 11) is 0. The maximum atomic E-state index is 9.79. The summed E-state index contributed by atoms with van der Waals surface area (Å²) in [6.07, 6.45) is 0.388. The minimum atomic E-state index is -0.755. The zero-order valence-corrected chi connectivity index (χ0v) is 5.29. The number of carbonyl (C=O) groups excluding carboxylic acids is 1. The van der Waals surface area contributed by atoms with Gasteiger partial charge >= 0.3 is 0 Å². The summed E-state index contributed by atoms with van der Waals surface area (Å²) in [4.78, 5) is 9.79. The lowest BCUT2D eigenvalue weighted by Gasteiger charge is -2.03. The summed E-state index contributed by atoms with van der Waals surface area (Å²) in [6, 6.07) is 0. The topological polar surface area (TPSA) is 37.3 Å². The molecule has 48 valence electrons. The van der Waals surface area contributed by atoms with Crippen LogP contribution >= 0.6 is 0 Å². The van der Waals surface area contributed by atoms with Crippen molar-refractivity contribution in [1.29, 1.82) is 0 Å². The highest BCUT2D eigenvalue weighted by Gasteiger charge is 2.02. The van der Waals surface area contributed by atoms with Gasteiger partial charge in [-0.15, -0.1) is 0 Å². The first-order valence-corrected chi connectivity index (χ1v) is 2.80. The zero-order valence-electron chi connectivity index (χ0n) is 5.29. The largest absolute Gasteiger partial charge is 0.386 e. The van der Waals surface area contributed by atoms with Crippen LogP contribution in [0.3, 0.4) is 0 Å². The van der Waals surface area contributed by atoms with Crippen LogP contribution in [0.4, 0.5) is 0 Å². The number of hydrogen-bond donors (Lipinski definition) is 1. The number of aliphatic hydroxyl groups excluding tert-OH is 1. The van der Waals surface area contributed by atoms with E-state index in [1.807, 2.05) is 13.8 Å². The van der Waals surface area contributed by atoms with Crippen molar-refractivity contribution in [3.05, 3.63) is 0 Å². The number of rotatable bonds is 3. The van der Waals surface area contributed by atoms with Gasteiger partial charge in [0.25, 0.3) is 0 Å². The van der Waals surface area contributed by atoms with Crippen molar-refractivity contribution >= 4 is 6.29 Å². The van der Waals surface area contributed by atoms with Gasteiger partial charge in [0.2, 0.25) is 0 Å². The fourth-order valence-corrected chi connectivity index (χ4v) is 0.539. The third-order valence-electron chi connectivity index (χ3n) is 0.870. The van der Waals surface area contributed by atoms with Crippen LogP contribution in [0, 0.1) is 5.92 Å². The molecule has 0 aromatic heterocycles. The molecule has 2 nitrogen and oxygen atoms in total. The van der Waals surface area contributed by atoms with Gasteiger partial charge < -0.3 is 9.90 Å². The van der Waals surface area contributed by atoms with Crippen molar-refractivity contribution in [1.82, 2.24) is 0 Å². The zero-order chi connectivity index (χ0) is 6.57. The van der Waals surface area contributed by atoms with E-state index in [1.54, 1.807) is 0 Å². The number of carbonyl (C=O) groups is 1. The minimum Gasteiger partial charge on any atom is -0.386 e. The summed E-state index contributed by atoms with van der Waals surface area (Å²) in [6.45, 7) is 3.93. The van der Waals surface area contributed by atoms with Crippen molar-refractivity contribution in [2.75, 3.05) is 0 Å². The first-order chi connectivity index (χ1) is 3.66. The second-order valence-corrected chi connectivity index (χ2v) is 2.33. The van der Waals surface area contributed by atoms with E-state index in [-0.39, 0.29) is 0 Å². The molecule has 2 heteroatoms. The Morgan fingerprint density at radius 3 is 2.25 bits per heavy atom. The first-order valence-electron chi connectivity index (χ1n) is 2.80. The van der Waals surface area contributed by atoms with Crippen LogP contribution < -0.4 is 0 Å². The van der Waals surface area contributed by atoms with Crippen LogP contribution in [0.1, 0.15) is 20.3 Å². The summed E-state index contributed by atoms with van der Waals surface area (Å²) < 4.78 is 0. The van der Waals surface area contributed by atoms with E-state index in [4.69, 9.17) is 5.11 Å². The SMILES string of the molecule is CC(C)C[C@H](O)C=O. The van der Waals surface area contributed by atoms with Gasteiger partial charge in [0, 0.05) is 0 Å². The lowest BCUT2D eigenvalue weighted by atomic mass is 10.1. The molecule has 1 atom stereocenters. The molecular formula is C6H12O2. The van der Waals surface area contributed by atoms with E-state index in [1.165, 1.54) is 0 Å². The van der Waals surface area contributed by atoms with Crippen LogP contribution in [0.25, 0.3) is 0 Å². The number of aldehydes is 1. The van der Waals surface area contributed by atoms with Crippen molar-refractivity contribution in [3.8, 4) is 0 Å². The van der Waals surface area contributed by atoms with E-state index in [0.29, 0.717) is 18.6 Å². The molecular weight excluding hydrogens is 104 g/mol. The predicted octanol–water partition coefficient (Wildman–Crippen LogP) is 0.592. The molecule has 0 saturated carbocycles. The molecule has 0 fully saturated rings. The van der Waals surface area contributed by atoms with Gasteiger partial charge in [0.15, 0.2) is 0 Å². The van der Waals surface area contributed by atoms with Gasteiger partial charge in [0.05, 0.1) is 0 Å². The lowest BCUT2D eigenvalue weighted by Crippen LogP contribution is -2.10. The number of hydrogen-bond acceptors (Lipinski definition) is 2. The van der Waals surface area contributed by atoms with Crippen LogP contribution in [0.2, 0.25) is 0 Å². The van der Waals surface area contributed by atoms with E-state index in [2.05, 4.69) is 0 Å². The molecule has 0 unspecified atom stereocenters. The lowest BCUT2D eigenvalue weighted by molar-refractivity contribution is -0.115. The second kappa shape index (κ2) is 3.61. The van der Waals surface area contributed by atoms with Gasteiger partial charge in [-0.05, 0) is 12.3 Å². The summed E-state index contributed by atoms with van der Waals surface area (Å²) in [5, 5.41) is 8.66. The Morgan fingerprint density at radius 2 is 2.12 bits per heavy atom. The highest BCUT2D eigenvalue weighted by Crippen LogP contribution is 2.01. The van der Waals surface area contributed by atoms with Crippen LogP contribution in [0.5, 0.6) is 0 Å². The standard InChI is InChI=1S/C6H12O2/c1-5(2)3-6(8)4-7/h4-6,8H,3H2,1-2H3/t6-/m0/s1. The van der Waals surface area contributed by atoms with E-state index in [9.17, 15) is 4.79 Å². The van der Waals surface area contributed by atoms with E-state index in [0.717, 1.165) is 0 Å². The Bertz CT molecular complexity index is 68.9. The highest BCUT2D eigenvalue weighted by atomic mass is 16.3. The second-order valence-electron chi connectivity index (χ2n) is 2.33. The summed E-state index contributed by atoms with van der Waals surface area (Å²) >= 11 is 0. The van der Waals surface area contributed by atoms with Crippen LogP contribution in [0.15, 0.2) is 0 Å². The normalized spacial score (nSPS) is 14.0. The average Bonchev–Trinajstić information content (AvgIpc) is 1.65. The predicted molar refractivity (Wildman–Crippen MR) is 31.5 cm³/mol. The molecule has 0 aliphatic heterocycles. The average molecular weight is 116 g/mol. The minimum absolute atomic E-state index is 0.398. The molecule has 8 heavy (non-hydrogen) atoms. The molecule has 0 saturated heterocycles. The van der Waals surface area contributed by atoms with E-state index >= 15 is 0 Å². The molecule has 0 aromatic carbocycles. The van der Waals surface area contributed by atoms with Crippen molar-refractivity contribution in [3.63, 3.8) is 0 Å².